The van der Waals surface area contributed by atoms with Crippen LogP contribution in [0.25, 0.3) is 0 Å². The number of carbonyl (C=O) groups excluding carboxylic acids is 1. The Balaban J connectivity index is 4.03. The van der Waals surface area contributed by atoms with Crippen molar-refractivity contribution in [2.45, 2.75) is 78.7 Å². The monoisotopic (exact) mass is 271 g/mol. The summed E-state index contributed by atoms with van der Waals surface area (Å²) in [6.07, 6.45) is 6.54. The highest BCUT2D eigenvalue weighted by Crippen LogP contribution is 2.21. The van der Waals surface area contributed by atoms with Crippen molar-refractivity contribution in [2.24, 2.45) is 17.6 Å². The highest BCUT2D eigenvalue weighted by atomic mass is 16.6. The molecule has 3 heteroatoms. The Labute approximate surface area is 119 Å². The highest BCUT2D eigenvalue weighted by Gasteiger charge is 2.21. The molecule has 0 rings (SSSR count). The Morgan fingerprint density at radius 1 is 1.26 bits per heavy atom. The molecule has 0 aliphatic rings. The molecule has 0 aromatic rings. The lowest BCUT2D eigenvalue weighted by Gasteiger charge is -2.23. The zero-order valence-corrected chi connectivity index (χ0v) is 13.5. The quantitative estimate of drug-likeness (QED) is 0.511. The second kappa shape index (κ2) is 9.35. The van der Waals surface area contributed by atoms with Crippen molar-refractivity contribution in [2.75, 3.05) is 6.54 Å². The van der Waals surface area contributed by atoms with E-state index in [0.717, 1.165) is 6.42 Å². The van der Waals surface area contributed by atoms with Crippen molar-refractivity contribution < 1.29 is 9.53 Å². The number of esters is 1. The van der Waals surface area contributed by atoms with Gasteiger partial charge in [0.05, 0.1) is 0 Å². The van der Waals surface area contributed by atoms with Gasteiger partial charge in [-0.3, -0.25) is 4.79 Å². The number of hydrogen-bond acceptors (Lipinski definition) is 3. The molecule has 0 heterocycles. The molecule has 0 radical (unpaired) electrons. The second-order valence-corrected chi connectivity index (χ2v) is 6.73. The average Bonchev–Trinajstić information content (AvgIpc) is 2.25. The molecule has 0 aromatic carbocycles. The first-order valence-electron chi connectivity index (χ1n) is 7.70. The lowest BCUT2D eigenvalue weighted by atomic mass is 9.90. The van der Waals surface area contributed by atoms with E-state index in [9.17, 15) is 4.79 Å². The number of carbonyl (C=O) groups is 1. The molecule has 0 saturated carbocycles. The Morgan fingerprint density at radius 3 is 2.37 bits per heavy atom. The normalized spacial score (nSPS) is 15.1. The predicted molar refractivity (Wildman–Crippen MR) is 80.9 cm³/mol. The molecule has 0 fully saturated rings. The van der Waals surface area contributed by atoms with Gasteiger partial charge in [-0.05, 0) is 45.6 Å². The Morgan fingerprint density at radius 2 is 1.89 bits per heavy atom. The summed E-state index contributed by atoms with van der Waals surface area (Å²) in [5.74, 6) is 0.776. The summed E-state index contributed by atoms with van der Waals surface area (Å²) in [7, 11) is 0. The molecular weight excluding hydrogens is 238 g/mol. The Kier molecular flexibility index (Phi) is 9.07. The maximum absolute atomic E-state index is 11.8. The molecule has 2 N–H and O–H groups in total. The van der Waals surface area contributed by atoms with Gasteiger partial charge in [-0.15, -0.1) is 0 Å². The van der Waals surface area contributed by atoms with E-state index in [-0.39, 0.29) is 11.9 Å². The fourth-order valence-corrected chi connectivity index (χ4v) is 2.31. The highest BCUT2D eigenvalue weighted by molar-refractivity contribution is 5.70. The maximum atomic E-state index is 11.8. The van der Waals surface area contributed by atoms with Gasteiger partial charge in [0.25, 0.3) is 0 Å². The minimum atomic E-state index is -0.400. The van der Waals surface area contributed by atoms with E-state index >= 15 is 0 Å². The number of rotatable bonds is 9. The fourth-order valence-electron chi connectivity index (χ4n) is 2.31. The summed E-state index contributed by atoms with van der Waals surface area (Å²) in [4.78, 5) is 11.8. The van der Waals surface area contributed by atoms with Crippen LogP contribution in [0.3, 0.4) is 0 Å². The minimum absolute atomic E-state index is 0.122. The summed E-state index contributed by atoms with van der Waals surface area (Å²) < 4.78 is 5.36. The Hall–Kier alpha value is -0.570. The molecule has 0 amide bonds. The van der Waals surface area contributed by atoms with E-state index in [1.54, 1.807) is 0 Å². The lowest BCUT2D eigenvalue weighted by molar-refractivity contribution is -0.156. The number of nitrogens with two attached hydrogens (primary N) is 1. The van der Waals surface area contributed by atoms with Crippen LogP contribution in [-0.2, 0) is 9.53 Å². The van der Waals surface area contributed by atoms with E-state index in [4.69, 9.17) is 10.5 Å². The number of hydrogen-bond donors (Lipinski definition) is 1. The largest absolute Gasteiger partial charge is 0.460 e. The third-order valence-corrected chi connectivity index (χ3v) is 3.24. The van der Waals surface area contributed by atoms with Crippen LogP contribution in [0.1, 0.15) is 73.1 Å². The molecule has 0 unspecified atom stereocenters. The smallest absolute Gasteiger partial charge is 0.306 e. The third-order valence-electron chi connectivity index (χ3n) is 3.24. The first kappa shape index (κ1) is 18.4. The van der Waals surface area contributed by atoms with Crippen LogP contribution in [-0.4, -0.2) is 18.1 Å². The SMILES string of the molecule is CCCCC[C@H](C)C[C@H](CN)CC(=O)OC(C)(C)C. The summed E-state index contributed by atoms with van der Waals surface area (Å²) >= 11 is 0. The standard InChI is InChI=1S/C16H33NO2/c1-6-7-8-9-13(2)10-14(12-17)11-15(18)19-16(3,4)5/h13-14H,6-12,17H2,1-5H3/t13-,14-/m0/s1. The topological polar surface area (TPSA) is 52.3 Å². The first-order chi connectivity index (χ1) is 8.78. The van der Waals surface area contributed by atoms with Crippen LogP contribution in [0.4, 0.5) is 0 Å². The van der Waals surface area contributed by atoms with Crippen LogP contribution in [0.15, 0.2) is 0 Å². The zero-order valence-electron chi connectivity index (χ0n) is 13.5. The maximum Gasteiger partial charge on any atom is 0.306 e. The zero-order chi connectivity index (χ0) is 14.9. The summed E-state index contributed by atoms with van der Waals surface area (Å²) in [5, 5.41) is 0. The predicted octanol–water partition coefficient (Wildman–Crippen LogP) is 3.90. The third kappa shape index (κ3) is 11.0. The van der Waals surface area contributed by atoms with Crippen molar-refractivity contribution in [1.82, 2.24) is 0 Å². The summed E-state index contributed by atoms with van der Waals surface area (Å²) in [5.41, 5.74) is 5.38. The Bertz CT molecular complexity index is 246. The molecule has 0 aliphatic carbocycles. The van der Waals surface area contributed by atoms with Crippen LogP contribution in [0, 0.1) is 11.8 Å². The van der Waals surface area contributed by atoms with Crippen LogP contribution in [0.5, 0.6) is 0 Å². The number of unbranched alkanes of at least 4 members (excludes halogenated alkanes) is 2. The fraction of sp³-hybridized carbons (Fsp3) is 0.938. The van der Waals surface area contributed by atoms with Crippen molar-refractivity contribution in [3.63, 3.8) is 0 Å². The van der Waals surface area contributed by atoms with Crippen LogP contribution in [0.2, 0.25) is 0 Å². The molecule has 19 heavy (non-hydrogen) atoms. The lowest BCUT2D eigenvalue weighted by Crippen LogP contribution is -2.27. The molecular formula is C16H33NO2. The van der Waals surface area contributed by atoms with Gasteiger partial charge >= 0.3 is 5.97 Å². The molecule has 2 atom stereocenters. The first-order valence-corrected chi connectivity index (χ1v) is 7.70. The van der Waals surface area contributed by atoms with Crippen LogP contribution >= 0.6 is 0 Å². The van der Waals surface area contributed by atoms with Crippen LogP contribution < -0.4 is 5.73 Å². The van der Waals surface area contributed by atoms with E-state index in [1.165, 1.54) is 25.7 Å². The average molecular weight is 271 g/mol. The van der Waals surface area contributed by atoms with Crippen molar-refractivity contribution in [1.29, 1.82) is 0 Å². The van der Waals surface area contributed by atoms with E-state index in [0.29, 0.717) is 18.9 Å². The molecule has 3 nitrogen and oxygen atoms in total. The van der Waals surface area contributed by atoms with Gasteiger partial charge in [-0.25, -0.2) is 0 Å². The molecule has 114 valence electrons. The molecule has 0 saturated heterocycles. The van der Waals surface area contributed by atoms with Gasteiger partial charge in [0.2, 0.25) is 0 Å². The molecule has 0 aliphatic heterocycles. The van der Waals surface area contributed by atoms with Crippen molar-refractivity contribution >= 4 is 5.97 Å². The van der Waals surface area contributed by atoms with Gasteiger partial charge in [0, 0.05) is 6.42 Å². The number of ether oxygens (including phenoxy) is 1. The van der Waals surface area contributed by atoms with Crippen molar-refractivity contribution in [3.05, 3.63) is 0 Å². The molecule has 0 aromatic heterocycles. The van der Waals surface area contributed by atoms with E-state index in [1.807, 2.05) is 20.8 Å². The summed E-state index contributed by atoms with van der Waals surface area (Å²) in [6.45, 7) is 10.7. The minimum Gasteiger partial charge on any atom is -0.460 e. The summed E-state index contributed by atoms with van der Waals surface area (Å²) in [6, 6.07) is 0. The van der Waals surface area contributed by atoms with Gasteiger partial charge in [-0.2, -0.15) is 0 Å². The van der Waals surface area contributed by atoms with Gasteiger partial charge in [0.15, 0.2) is 0 Å². The van der Waals surface area contributed by atoms with Gasteiger partial charge < -0.3 is 10.5 Å². The van der Waals surface area contributed by atoms with Gasteiger partial charge in [0.1, 0.15) is 5.60 Å². The van der Waals surface area contributed by atoms with Gasteiger partial charge in [-0.1, -0.05) is 39.5 Å². The van der Waals surface area contributed by atoms with E-state index < -0.39 is 5.60 Å². The van der Waals surface area contributed by atoms with Crippen molar-refractivity contribution in [3.8, 4) is 0 Å². The molecule has 0 spiro atoms. The second-order valence-electron chi connectivity index (χ2n) is 6.73. The van der Waals surface area contributed by atoms with E-state index in [2.05, 4.69) is 13.8 Å². The molecule has 0 bridgehead atoms.